The number of rotatable bonds is 4. The van der Waals surface area contributed by atoms with Gasteiger partial charge in [-0.05, 0) is 24.6 Å². The maximum absolute atomic E-state index is 11.1. The molecule has 1 saturated heterocycles. The van der Waals surface area contributed by atoms with Gasteiger partial charge in [0.2, 0.25) is 0 Å². The first kappa shape index (κ1) is 12.6. The van der Waals surface area contributed by atoms with Gasteiger partial charge in [0.1, 0.15) is 0 Å². The van der Waals surface area contributed by atoms with Gasteiger partial charge in [-0.3, -0.25) is 9.69 Å². The number of carbonyl (C=O) groups is 2. The SMILES string of the molecule is O=C(O)c1ccccc1CN1CCC(C(=O)O)C1. The van der Waals surface area contributed by atoms with E-state index in [1.807, 2.05) is 4.90 Å². The van der Waals surface area contributed by atoms with Crippen LogP contribution in [0, 0.1) is 5.92 Å². The molecule has 1 heterocycles. The molecule has 1 atom stereocenters. The highest BCUT2D eigenvalue weighted by atomic mass is 16.4. The Balaban J connectivity index is 2.07. The Labute approximate surface area is 105 Å². The summed E-state index contributed by atoms with van der Waals surface area (Å²) in [6.45, 7) is 1.68. The summed E-state index contributed by atoms with van der Waals surface area (Å²) >= 11 is 0. The molecule has 1 unspecified atom stereocenters. The predicted octanol–water partition coefficient (Wildman–Crippen LogP) is 1.29. The first-order valence-corrected chi connectivity index (χ1v) is 5.84. The molecule has 2 rings (SSSR count). The predicted molar refractivity (Wildman–Crippen MR) is 64.4 cm³/mol. The van der Waals surface area contributed by atoms with Gasteiger partial charge in [0.15, 0.2) is 0 Å². The quantitative estimate of drug-likeness (QED) is 0.840. The minimum atomic E-state index is -0.945. The molecule has 5 nitrogen and oxygen atoms in total. The number of hydrogen-bond donors (Lipinski definition) is 2. The van der Waals surface area contributed by atoms with Gasteiger partial charge in [0, 0.05) is 13.1 Å². The number of carboxylic acid groups (broad SMARTS) is 2. The largest absolute Gasteiger partial charge is 0.481 e. The summed E-state index contributed by atoms with van der Waals surface area (Å²) < 4.78 is 0. The molecule has 1 aliphatic rings. The van der Waals surface area contributed by atoms with Crippen LogP contribution >= 0.6 is 0 Å². The number of hydrogen-bond acceptors (Lipinski definition) is 3. The molecule has 1 fully saturated rings. The maximum Gasteiger partial charge on any atom is 0.336 e. The van der Waals surface area contributed by atoms with E-state index in [-0.39, 0.29) is 11.5 Å². The van der Waals surface area contributed by atoms with Gasteiger partial charge in [0.05, 0.1) is 11.5 Å². The second-order valence-corrected chi connectivity index (χ2v) is 4.52. The van der Waals surface area contributed by atoms with E-state index in [2.05, 4.69) is 0 Å². The first-order valence-electron chi connectivity index (χ1n) is 5.84. The Morgan fingerprint density at radius 3 is 2.61 bits per heavy atom. The highest BCUT2D eigenvalue weighted by Crippen LogP contribution is 2.20. The molecule has 0 saturated carbocycles. The number of aromatic carboxylic acids is 1. The zero-order valence-corrected chi connectivity index (χ0v) is 9.87. The molecule has 2 N–H and O–H groups in total. The van der Waals surface area contributed by atoms with E-state index in [1.165, 1.54) is 0 Å². The lowest BCUT2D eigenvalue weighted by atomic mass is 10.1. The van der Waals surface area contributed by atoms with Crippen molar-refractivity contribution in [1.82, 2.24) is 4.90 Å². The van der Waals surface area contributed by atoms with Crippen molar-refractivity contribution in [3.05, 3.63) is 35.4 Å². The van der Waals surface area contributed by atoms with Crippen molar-refractivity contribution in [3.8, 4) is 0 Å². The standard InChI is InChI=1S/C13H15NO4/c15-12(16)10-5-6-14(8-10)7-9-3-1-2-4-11(9)13(17)18/h1-4,10H,5-8H2,(H,15,16)(H,17,18). The monoisotopic (exact) mass is 249 g/mol. The smallest absolute Gasteiger partial charge is 0.336 e. The molecule has 0 aliphatic carbocycles. The minimum Gasteiger partial charge on any atom is -0.481 e. The molecule has 0 aromatic heterocycles. The molecule has 0 spiro atoms. The third-order valence-corrected chi connectivity index (χ3v) is 3.26. The van der Waals surface area contributed by atoms with Crippen molar-refractivity contribution in [2.45, 2.75) is 13.0 Å². The molecule has 1 aliphatic heterocycles. The van der Waals surface area contributed by atoms with Crippen LogP contribution in [0.3, 0.4) is 0 Å². The summed E-state index contributed by atoms with van der Waals surface area (Å²) in [5, 5.41) is 18.0. The third-order valence-electron chi connectivity index (χ3n) is 3.26. The average Bonchev–Trinajstić information content (AvgIpc) is 2.78. The molecule has 5 heteroatoms. The Morgan fingerprint density at radius 2 is 2.00 bits per heavy atom. The Morgan fingerprint density at radius 1 is 1.28 bits per heavy atom. The highest BCUT2D eigenvalue weighted by molar-refractivity contribution is 5.89. The van der Waals surface area contributed by atoms with Crippen molar-refractivity contribution >= 4 is 11.9 Å². The van der Waals surface area contributed by atoms with Gasteiger partial charge in [-0.25, -0.2) is 4.79 Å². The maximum atomic E-state index is 11.1. The summed E-state index contributed by atoms with van der Waals surface area (Å²) in [6, 6.07) is 6.84. The van der Waals surface area contributed by atoms with E-state index < -0.39 is 11.9 Å². The van der Waals surface area contributed by atoms with Gasteiger partial charge in [-0.2, -0.15) is 0 Å². The molecule has 0 radical (unpaired) electrons. The van der Waals surface area contributed by atoms with Crippen LogP contribution in [0.15, 0.2) is 24.3 Å². The Hall–Kier alpha value is -1.88. The van der Waals surface area contributed by atoms with E-state index >= 15 is 0 Å². The van der Waals surface area contributed by atoms with E-state index in [4.69, 9.17) is 10.2 Å². The minimum absolute atomic E-state index is 0.288. The topological polar surface area (TPSA) is 77.8 Å². The second-order valence-electron chi connectivity index (χ2n) is 4.52. The molecule has 0 amide bonds. The van der Waals surface area contributed by atoms with E-state index in [9.17, 15) is 9.59 Å². The van der Waals surface area contributed by atoms with Crippen LogP contribution in [0.5, 0.6) is 0 Å². The number of carboxylic acids is 2. The van der Waals surface area contributed by atoms with Crippen molar-refractivity contribution in [2.75, 3.05) is 13.1 Å². The Bertz CT molecular complexity index is 472. The molecule has 0 bridgehead atoms. The lowest BCUT2D eigenvalue weighted by molar-refractivity contribution is -0.141. The summed E-state index contributed by atoms with van der Waals surface area (Å²) in [6.07, 6.45) is 0.630. The summed E-state index contributed by atoms with van der Waals surface area (Å²) in [7, 11) is 0. The van der Waals surface area contributed by atoms with Crippen LogP contribution in [0.1, 0.15) is 22.3 Å². The number of aliphatic carboxylic acids is 1. The van der Waals surface area contributed by atoms with Crippen LogP contribution < -0.4 is 0 Å². The zero-order chi connectivity index (χ0) is 13.1. The van der Waals surface area contributed by atoms with Gasteiger partial charge >= 0.3 is 11.9 Å². The van der Waals surface area contributed by atoms with E-state index in [0.29, 0.717) is 26.1 Å². The Kier molecular flexibility index (Phi) is 3.62. The number of benzene rings is 1. The van der Waals surface area contributed by atoms with Gasteiger partial charge < -0.3 is 10.2 Å². The lowest BCUT2D eigenvalue weighted by Gasteiger charge is -2.16. The molecule has 1 aromatic carbocycles. The summed E-state index contributed by atoms with van der Waals surface area (Å²) in [5.41, 5.74) is 1.02. The van der Waals surface area contributed by atoms with Gasteiger partial charge in [-0.15, -0.1) is 0 Å². The van der Waals surface area contributed by atoms with Crippen LogP contribution in [-0.2, 0) is 11.3 Å². The van der Waals surface area contributed by atoms with Crippen LogP contribution in [0.2, 0.25) is 0 Å². The zero-order valence-electron chi connectivity index (χ0n) is 9.87. The number of nitrogens with zero attached hydrogens (tertiary/aromatic N) is 1. The van der Waals surface area contributed by atoms with Crippen molar-refractivity contribution < 1.29 is 19.8 Å². The fraction of sp³-hybridized carbons (Fsp3) is 0.385. The van der Waals surface area contributed by atoms with Crippen molar-refractivity contribution in [1.29, 1.82) is 0 Å². The summed E-state index contributed by atoms with van der Waals surface area (Å²) in [5.74, 6) is -2.05. The molecular formula is C13H15NO4. The molecule has 96 valence electrons. The highest BCUT2D eigenvalue weighted by Gasteiger charge is 2.28. The van der Waals surface area contributed by atoms with Crippen molar-refractivity contribution in [2.24, 2.45) is 5.92 Å². The van der Waals surface area contributed by atoms with Crippen LogP contribution in [0.4, 0.5) is 0 Å². The normalized spacial score (nSPS) is 19.9. The average molecular weight is 249 g/mol. The van der Waals surface area contributed by atoms with Gasteiger partial charge in [-0.1, -0.05) is 18.2 Å². The molecule has 18 heavy (non-hydrogen) atoms. The third kappa shape index (κ3) is 2.68. The van der Waals surface area contributed by atoms with E-state index in [0.717, 1.165) is 5.56 Å². The number of likely N-dealkylation sites (tertiary alicyclic amines) is 1. The fourth-order valence-corrected chi connectivity index (χ4v) is 2.29. The fourth-order valence-electron chi connectivity index (χ4n) is 2.29. The van der Waals surface area contributed by atoms with Crippen LogP contribution in [-0.4, -0.2) is 40.1 Å². The van der Waals surface area contributed by atoms with E-state index in [1.54, 1.807) is 24.3 Å². The molecule has 1 aromatic rings. The van der Waals surface area contributed by atoms with Gasteiger partial charge in [0.25, 0.3) is 0 Å². The van der Waals surface area contributed by atoms with Crippen LogP contribution in [0.25, 0.3) is 0 Å². The first-order chi connectivity index (χ1) is 8.58. The lowest BCUT2D eigenvalue weighted by Crippen LogP contribution is -2.23. The second kappa shape index (κ2) is 5.18. The summed E-state index contributed by atoms with van der Waals surface area (Å²) in [4.78, 5) is 23.9. The van der Waals surface area contributed by atoms with Crippen molar-refractivity contribution in [3.63, 3.8) is 0 Å². The molecular weight excluding hydrogens is 234 g/mol.